The molecule has 1 aromatic rings. The Morgan fingerprint density at radius 2 is 1.55 bits per heavy atom. The molecule has 1 aromatic carbocycles. The molecule has 0 amide bonds. The molecule has 2 heteroatoms. The van der Waals surface area contributed by atoms with Crippen LogP contribution in [0.2, 0.25) is 0 Å². The average molecular weight is 132 g/mol. The zero-order valence-electron chi connectivity index (χ0n) is 7.59. The quantitative estimate of drug-likeness (QED) is 0.352. The van der Waals surface area contributed by atoms with Crippen molar-refractivity contribution in [2.45, 2.75) is 6.92 Å². The van der Waals surface area contributed by atoms with Gasteiger partial charge < -0.3 is 0 Å². The Labute approximate surface area is 92.4 Å². The van der Waals surface area contributed by atoms with Crippen LogP contribution in [0.5, 0.6) is 0 Å². The summed E-state index contributed by atoms with van der Waals surface area (Å²) in [5.74, 6) is 0. The molecule has 0 aliphatic heterocycles. The maximum absolute atomic E-state index is 3.83. The van der Waals surface area contributed by atoms with E-state index in [0.29, 0.717) is 0 Å². The van der Waals surface area contributed by atoms with Gasteiger partial charge in [-0.2, -0.15) is 0 Å². The van der Waals surface area contributed by atoms with Crippen molar-refractivity contribution in [3.05, 3.63) is 42.5 Å². The van der Waals surface area contributed by atoms with Crippen LogP contribution in [-0.2, 0) is 0 Å². The third kappa shape index (κ3) is 4.57. The fraction of sp³-hybridized carbons (Fsp3) is 0.111. The van der Waals surface area contributed by atoms with E-state index in [1.807, 2.05) is 25.1 Å². The van der Waals surface area contributed by atoms with E-state index in [-0.39, 0.29) is 37.7 Å². The minimum Gasteiger partial charge on any atom is -0.0955 e. The minimum absolute atomic E-state index is 0. The van der Waals surface area contributed by atoms with Gasteiger partial charge in [-0.15, -0.1) is 0 Å². The molecule has 46 valence electrons. The summed E-state index contributed by atoms with van der Waals surface area (Å²) in [6, 6.07) is 10.2. The van der Waals surface area contributed by atoms with Crippen molar-refractivity contribution >= 4 is 5.57 Å². The van der Waals surface area contributed by atoms with E-state index in [4.69, 9.17) is 0 Å². The van der Waals surface area contributed by atoms with E-state index >= 15 is 0 Å². The number of hydrogen-bond donors (Lipinski definition) is 0. The van der Waals surface area contributed by atoms with Crippen LogP contribution in [0, 0.1) is 0 Å². The summed E-state index contributed by atoms with van der Waals surface area (Å²) in [4.78, 5) is 0. The van der Waals surface area contributed by atoms with Gasteiger partial charge in [0.2, 0.25) is 0 Å². The van der Waals surface area contributed by atoms with E-state index < -0.39 is 0 Å². The molecular formula is C9H10Li2+2. The number of allylic oxidation sites excluding steroid dienone is 1. The van der Waals surface area contributed by atoms with Crippen LogP contribution in [0.4, 0.5) is 0 Å². The summed E-state index contributed by atoms with van der Waals surface area (Å²) >= 11 is 0. The van der Waals surface area contributed by atoms with E-state index in [0.717, 1.165) is 5.57 Å². The molecule has 0 aliphatic rings. The molecule has 0 heterocycles. The number of benzene rings is 1. The van der Waals surface area contributed by atoms with Gasteiger partial charge in [-0.05, 0) is 12.5 Å². The Kier molecular flexibility index (Phi) is 8.53. The Balaban J connectivity index is 0. The minimum atomic E-state index is 0. The monoisotopic (exact) mass is 132 g/mol. The molecule has 0 nitrogen and oxygen atoms in total. The van der Waals surface area contributed by atoms with Crippen LogP contribution >= 0.6 is 0 Å². The largest absolute Gasteiger partial charge is 1.00 e. The van der Waals surface area contributed by atoms with Crippen LogP contribution in [0.15, 0.2) is 36.9 Å². The van der Waals surface area contributed by atoms with E-state index in [9.17, 15) is 0 Å². The fourth-order valence-corrected chi connectivity index (χ4v) is 0.723. The maximum Gasteiger partial charge on any atom is 1.00 e. The number of hydrogen-bond acceptors (Lipinski definition) is 0. The molecular weight excluding hydrogens is 122 g/mol. The van der Waals surface area contributed by atoms with Crippen LogP contribution in [0.1, 0.15) is 12.5 Å². The molecule has 0 aliphatic carbocycles. The molecule has 0 atom stereocenters. The molecule has 0 spiro atoms. The number of rotatable bonds is 1. The maximum atomic E-state index is 3.83. The Bertz CT molecular complexity index is 204. The molecule has 0 fully saturated rings. The molecule has 0 bridgehead atoms. The van der Waals surface area contributed by atoms with Gasteiger partial charge in [0.25, 0.3) is 0 Å². The fourth-order valence-electron chi connectivity index (χ4n) is 0.723. The van der Waals surface area contributed by atoms with Crippen molar-refractivity contribution in [2.75, 3.05) is 0 Å². The molecule has 1 rings (SSSR count). The van der Waals surface area contributed by atoms with E-state index in [1.54, 1.807) is 0 Å². The molecule has 11 heavy (non-hydrogen) atoms. The van der Waals surface area contributed by atoms with Crippen molar-refractivity contribution in [1.29, 1.82) is 0 Å². The first kappa shape index (κ1) is 13.7. The topological polar surface area (TPSA) is 0 Å². The zero-order valence-corrected chi connectivity index (χ0v) is 7.59. The van der Waals surface area contributed by atoms with Gasteiger partial charge in [0.05, 0.1) is 0 Å². The summed E-state index contributed by atoms with van der Waals surface area (Å²) < 4.78 is 0. The summed E-state index contributed by atoms with van der Waals surface area (Å²) in [7, 11) is 0. The van der Waals surface area contributed by atoms with Crippen molar-refractivity contribution in [2.24, 2.45) is 0 Å². The average Bonchev–Trinajstić information content (AvgIpc) is 1.90. The molecule has 0 unspecified atom stereocenters. The van der Waals surface area contributed by atoms with Crippen LogP contribution in [-0.4, -0.2) is 0 Å². The van der Waals surface area contributed by atoms with Crippen molar-refractivity contribution in [3.8, 4) is 0 Å². The van der Waals surface area contributed by atoms with Crippen LogP contribution < -0.4 is 37.7 Å². The van der Waals surface area contributed by atoms with Gasteiger partial charge >= 0.3 is 37.7 Å². The van der Waals surface area contributed by atoms with Gasteiger partial charge in [0.1, 0.15) is 0 Å². The predicted molar refractivity (Wildman–Crippen MR) is 41.2 cm³/mol. The Morgan fingerprint density at radius 3 is 1.82 bits per heavy atom. The summed E-state index contributed by atoms with van der Waals surface area (Å²) in [5.41, 5.74) is 2.34. The second kappa shape index (κ2) is 6.84. The molecule has 0 saturated heterocycles. The summed E-state index contributed by atoms with van der Waals surface area (Å²) in [6.07, 6.45) is 0. The molecule has 0 saturated carbocycles. The Hall–Kier alpha value is 0.155. The molecule has 0 N–H and O–H groups in total. The third-order valence-electron chi connectivity index (χ3n) is 1.27. The van der Waals surface area contributed by atoms with Gasteiger partial charge in [-0.1, -0.05) is 42.5 Å². The Morgan fingerprint density at radius 1 is 1.09 bits per heavy atom. The standard InChI is InChI=1S/C9H10.2Li/c1-8(2)9-6-4-3-5-7-9;;/h3-7H,1H2,2H3;;/q;2*+1. The normalized spacial score (nSPS) is 7.36. The van der Waals surface area contributed by atoms with Crippen LogP contribution in [0.25, 0.3) is 5.57 Å². The summed E-state index contributed by atoms with van der Waals surface area (Å²) in [6.45, 7) is 5.83. The first-order valence-electron chi connectivity index (χ1n) is 3.01. The predicted octanol–water partition coefficient (Wildman–Crippen LogP) is -3.27. The van der Waals surface area contributed by atoms with Crippen molar-refractivity contribution in [3.63, 3.8) is 0 Å². The van der Waals surface area contributed by atoms with Gasteiger partial charge in [0.15, 0.2) is 0 Å². The van der Waals surface area contributed by atoms with Gasteiger partial charge in [-0.3, -0.25) is 0 Å². The van der Waals surface area contributed by atoms with E-state index in [2.05, 4.69) is 18.7 Å². The zero-order chi connectivity index (χ0) is 6.69. The second-order valence-electron chi connectivity index (χ2n) is 2.15. The molecule has 0 radical (unpaired) electrons. The van der Waals surface area contributed by atoms with Gasteiger partial charge in [-0.25, -0.2) is 0 Å². The van der Waals surface area contributed by atoms with Crippen molar-refractivity contribution in [1.82, 2.24) is 0 Å². The van der Waals surface area contributed by atoms with Crippen molar-refractivity contribution < 1.29 is 37.7 Å². The smallest absolute Gasteiger partial charge is 0.0955 e. The summed E-state index contributed by atoms with van der Waals surface area (Å²) in [5, 5.41) is 0. The first-order valence-corrected chi connectivity index (χ1v) is 3.01. The third-order valence-corrected chi connectivity index (χ3v) is 1.27. The van der Waals surface area contributed by atoms with E-state index in [1.165, 1.54) is 5.56 Å². The first-order chi connectivity index (χ1) is 4.30. The van der Waals surface area contributed by atoms with Crippen LogP contribution in [0.3, 0.4) is 0 Å². The molecule has 0 aromatic heterocycles. The SMILES string of the molecule is C=C(C)c1ccccc1.[Li+].[Li+]. The van der Waals surface area contributed by atoms with Gasteiger partial charge in [0, 0.05) is 0 Å². The second-order valence-corrected chi connectivity index (χ2v) is 2.15.